The van der Waals surface area contributed by atoms with Gasteiger partial charge in [-0.15, -0.1) is 0 Å². The quantitative estimate of drug-likeness (QED) is 0.782. The number of hydrogen-bond donors (Lipinski definition) is 1. The first-order valence-corrected chi connectivity index (χ1v) is 8.97. The van der Waals surface area contributed by atoms with Crippen LogP contribution in [0.5, 0.6) is 0 Å². The molecule has 7 heteroatoms. The Morgan fingerprint density at radius 2 is 2.19 bits per heavy atom. The van der Waals surface area contributed by atoms with E-state index in [1.54, 1.807) is 17.9 Å². The van der Waals surface area contributed by atoms with Crippen LogP contribution in [0.1, 0.15) is 27.2 Å². The van der Waals surface area contributed by atoms with E-state index >= 15 is 0 Å². The first kappa shape index (κ1) is 16.5. The predicted octanol–water partition coefficient (Wildman–Crippen LogP) is 1.16. The summed E-state index contributed by atoms with van der Waals surface area (Å²) in [5.74, 6) is 1.16. The summed E-state index contributed by atoms with van der Waals surface area (Å²) < 4.78 is 28.0. The zero-order valence-electron chi connectivity index (χ0n) is 13.3. The van der Waals surface area contributed by atoms with Crippen molar-refractivity contribution in [2.24, 2.45) is 11.8 Å². The minimum absolute atomic E-state index is 0.280. The van der Waals surface area contributed by atoms with E-state index in [9.17, 15) is 8.42 Å². The molecule has 0 saturated heterocycles. The van der Waals surface area contributed by atoms with Crippen molar-refractivity contribution < 1.29 is 8.42 Å². The molecule has 1 aliphatic rings. The monoisotopic (exact) mass is 314 g/mol. The van der Waals surface area contributed by atoms with Crippen LogP contribution in [0.3, 0.4) is 0 Å². The summed E-state index contributed by atoms with van der Waals surface area (Å²) >= 11 is 0. The molecular weight excluding hydrogens is 288 g/mol. The third-order valence-corrected chi connectivity index (χ3v) is 5.76. The summed E-state index contributed by atoms with van der Waals surface area (Å²) in [6, 6.07) is 0.412. The van der Waals surface area contributed by atoms with E-state index in [1.165, 1.54) is 10.5 Å². The highest BCUT2D eigenvalue weighted by atomic mass is 32.2. The van der Waals surface area contributed by atoms with Crippen molar-refractivity contribution >= 4 is 10.0 Å². The van der Waals surface area contributed by atoms with Crippen molar-refractivity contribution in [3.8, 4) is 0 Å². The first-order valence-electron chi connectivity index (χ1n) is 7.53. The van der Waals surface area contributed by atoms with Crippen LogP contribution in [0.25, 0.3) is 0 Å². The van der Waals surface area contributed by atoms with Crippen LogP contribution >= 0.6 is 0 Å². The van der Waals surface area contributed by atoms with Crippen molar-refractivity contribution in [1.29, 1.82) is 0 Å². The maximum absolute atomic E-state index is 12.5. The van der Waals surface area contributed by atoms with Gasteiger partial charge in [-0.25, -0.2) is 12.7 Å². The second kappa shape index (κ2) is 6.46. The Hall–Kier alpha value is -0.920. The molecule has 21 heavy (non-hydrogen) atoms. The second-order valence-electron chi connectivity index (χ2n) is 6.31. The average Bonchev–Trinajstić information content (AvgIpc) is 2.90. The molecule has 2 unspecified atom stereocenters. The second-order valence-corrected chi connectivity index (χ2v) is 8.35. The van der Waals surface area contributed by atoms with Crippen molar-refractivity contribution in [3.05, 3.63) is 12.4 Å². The Balaban J connectivity index is 1.95. The normalized spacial score (nSPS) is 22.2. The van der Waals surface area contributed by atoms with Crippen LogP contribution in [0.15, 0.2) is 17.3 Å². The number of hydrogen-bond acceptors (Lipinski definition) is 4. The van der Waals surface area contributed by atoms with Gasteiger partial charge in [0, 0.05) is 32.4 Å². The smallest absolute Gasteiger partial charge is 0.245 e. The van der Waals surface area contributed by atoms with Gasteiger partial charge in [-0.3, -0.25) is 4.68 Å². The molecule has 1 heterocycles. The van der Waals surface area contributed by atoms with Crippen molar-refractivity contribution in [2.45, 2.75) is 44.7 Å². The van der Waals surface area contributed by atoms with Gasteiger partial charge >= 0.3 is 0 Å². The van der Waals surface area contributed by atoms with Gasteiger partial charge in [0.05, 0.1) is 12.7 Å². The van der Waals surface area contributed by atoms with E-state index in [-0.39, 0.29) is 4.90 Å². The van der Waals surface area contributed by atoms with Crippen molar-refractivity contribution in [1.82, 2.24) is 19.4 Å². The van der Waals surface area contributed by atoms with Crippen LogP contribution in [0.2, 0.25) is 0 Å². The summed E-state index contributed by atoms with van der Waals surface area (Å²) in [5.41, 5.74) is 0. The van der Waals surface area contributed by atoms with E-state index < -0.39 is 10.0 Å². The fourth-order valence-electron chi connectivity index (χ4n) is 2.33. The third kappa shape index (κ3) is 4.28. The standard InChI is InChI=1S/C14H26N4O2S/c1-11(2)15-5-6-18-10-14(8-16-18)21(19,20)17(4)9-13-7-12(13)3/h8,10-13,15H,5-7,9H2,1-4H3. The van der Waals surface area contributed by atoms with Gasteiger partial charge in [-0.05, 0) is 18.3 Å². The SMILES string of the molecule is CC(C)NCCn1cc(S(=O)(=O)N(C)CC2CC2C)cn1. The van der Waals surface area contributed by atoms with Gasteiger partial charge in [0.2, 0.25) is 10.0 Å². The summed E-state index contributed by atoms with van der Waals surface area (Å²) in [4.78, 5) is 0.280. The lowest BCUT2D eigenvalue weighted by Gasteiger charge is -2.15. The highest BCUT2D eigenvalue weighted by Crippen LogP contribution is 2.38. The Morgan fingerprint density at radius 3 is 2.76 bits per heavy atom. The number of sulfonamides is 1. The lowest BCUT2D eigenvalue weighted by atomic mass is 10.3. The van der Waals surface area contributed by atoms with Crippen LogP contribution < -0.4 is 5.32 Å². The fraction of sp³-hybridized carbons (Fsp3) is 0.786. The van der Waals surface area contributed by atoms with E-state index in [4.69, 9.17) is 0 Å². The molecule has 1 fully saturated rings. The molecule has 6 nitrogen and oxygen atoms in total. The molecule has 0 aromatic carbocycles. The summed E-state index contributed by atoms with van der Waals surface area (Å²) in [6.07, 6.45) is 4.18. The Morgan fingerprint density at radius 1 is 1.52 bits per heavy atom. The lowest BCUT2D eigenvalue weighted by Crippen LogP contribution is -2.29. The Kier molecular flexibility index (Phi) is 5.06. The zero-order chi connectivity index (χ0) is 15.6. The van der Waals surface area contributed by atoms with E-state index in [1.807, 2.05) is 0 Å². The maximum Gasteiger partial charge on any atom is 0.245 e. The first-order chi connectivity index (χ1) is 9.80. The lowest BCUT2D eigenvalue weighted by molar-refractivity contribution is 0.444. The molecule has 2 rings (SSSR count). The predicted molar refractivity (Wildman–Crippen MR) is 82.5 cm³/mol. The summed E-state index contributed by atoms with van der Waals surface area (Å²) in [5, 5.41) is 7.43. The Bertz CT molecular complexity index is 567. The van der Waals surface area contributed by atoms with Gasteiger partial charge in [0.25, 0.3) is 0 Å². The van der Waals surface area contributed by atoms with Gasteiger partial charge in [-0.1, -0.05) is 20.8 Å². The fourth-order valence-corrected chi connectivity index (χ4v) is 3.51. The molecule has 0 aliphatic heterocycles. The number of aromatic nitrogens is 2. The minimum Gasteiger partial charge on any atom is -0.313 e. The number of rotatable bonds is 8. The largest absolute Gasteiger partial charge is 0.313 e. The molecule has 0 radical (unpaired) electrons. The summed E-state index contributed by atoms with van der Waals surface area (Å²) in [7, 11) is -1.76. The van der Waals surface area contributed by atoms with Crippen LogP contribution in [0.4, 0.5) is 0 Å². The number of nitrogens with one attached hydrogen (secondary N) is 1. The molecule has 1 aromatic heterocycles. The highest BCUT2D eigenvalue weighted by Gasteiger charge is 2.36. The van der Waals surface area contributed by atoms with Crippen LogP contribution in [-0.4, -0.2) is 48.7 Å². The van der Waals surface area contributed by atoms with E-state index in [0.717, 1.165) is 13.0 Å². The van der Waals surface area contributed by atoms with Gasteiger partial charge in [-0.2, -0.15) is 5.10 Å². The molecule has 1 aromatic rings. The van der Waals surface area contributed by atoms with Crippen LogP contribution in [-0.2, 0) is 16.6 Å². The molecule has 1 N–H and O–H groups in total. The molecule has 1 saturated carbocycles. The number of nitrogens with zero attached hydrogens (tertiary/aromatic N) is 3. The molecular formula is C14H26N4O2S. The van der Waals surface area contributed by atoms with Gasteiger partial charge in [0.15, 0.2) is 0 Å². The van der Waals surface area contributed by atoms with Crippen LogP contribution in [0, 0.1) is 11.8 Å². The zero-order valence-corrected chi connectivity index (χ0v) is 14.1. The highest BCUT2D eigenvalue weighted by molar-refractivity contribution is 7.89. The molecule has 120 valence electrons. The van der Waals surface area contributed by atoms with E-state index in [2.05, 4.69) is 31.2 Å². The third-order valence-electron chi connectivity index (χ3n) is 3.98. The van der Waals surface area contributed by atoms with Gasteiger partial charge in [0.1, 0.15) is 4.90 Å². The minimum atomic E-state index is -3.41. The Labute approximate surface area is 127 Å². The molecule has 2 atom stereocenters. The topological polar surface area (TPSA) is 67.2 Å². The van der Waals surface area contributed by atoms with Gasteiger partial charge < -0.3 is 5.32 Å². The molecule has 0 amide bonds. The van der Waals surface area contributed by atoms with Crippen molar-refractivity contribution in [3.63, 3.8) is 0 Å². The maximum atomic E-state index is 12.5. The molecule has 0 bridgehead atoms. The van der Waals surface area contributed by atoms with Crippen molar-refractivity contribution in [2.75, 3.05) is 20.1 Å². The average molecular weight is 314 g/mol. The molecule has 1 aliphatic carbocycles. The molecule has 0 spiro atoms. The van der Waals surface area contributed by atoms with E-state index in [0.29, 0.717) is 31.0 Å². The summed E-state index contributed by atoms with van der Waals surface area (Å²) in [6.45, 7) is 8.35.